The fourth-order valence-electron chi connectivity index (χ4n) is 5.44. The topological polar surface area (TPSA) is 71.3 Å². The lowest BCUT2D eigenvalue weighted by Gasteiger charge is -2.36. The smallest absolute Gasteiger partial charge is 0.274 e. The minimum absolute atomic E-state index is 0.0302. The Bertz CT molecular complexity index is 1620. The van der Waals surface area contributed by atoms with Gasteiger partial charge in [-0.05, 0) is 55.2 Å². The molecule has 6 rings (SSSR count). The molecule has 0 radical (unpaired) electrons. The van der Waals surface area contributed by atoms with Gasteiger partial charge in [-0.15, -0.1) is 0 Å². The van der Waals surface area contributed by atoms with Crippen LogP contribution in [0.3, 0.4) is 0 Å². The van der Waals surface area contributed by atoms with Gasteiger partial charge in [0.05, 0.1) is 23.5 Å². The van der Waals surface area contributed by atoms with Crippen LogP contribution < -0.4 is 4.90 Å². The minimum Gasteiger partial charge on any atom is -0.337 e. The van der Waals surface area contributed by atoms with E-state index in [9.17, 15) is 27.2 Å². The molecule has 0 bridgehead atoms. The summed E-state index contributed by atoms with van der Waals surface area (Å²) in [5.74, 6) is -5.23. The number of halogens is 4. The number of fused-ring (bicyclic) bond motifs is 1. The maximum Gasteiger partial charge on any atom is 0.274 e. The zero-order valence-electron chi connectivity index (χ0n) is 21.4. The average molecular weight is 550 g/mol. The van der Waals surface area contributed by atoms with Gasteiger partial charge in [0.1, 0.15) is 5.82 Å². The molecule has 2 aliphatic heterocycles. The number of piperidine rings is 1. The number of pyridine rings is 1. The van der Waals surface area contributed by atoms with Crippen molar-refractivity contribution in [2.75, 3.05) is 18.0 Å². The molecule has 40 heavy (non-hydrogen) atoms. The molecular formula is C29H23F4N5O2. The van der Waals surface area contributed by atoms with E-state index in [1.54, 1.807) is 41.1 Å². The Labute approximate surface area is 226 Å². The Balaban J connectivity index is 1.26. The van der Waals surface area contributed by atoms with Crippen molar-refractivity contribution in [2.24, 2.45) is 0 Å². The summed E-state index contributed by atoms with van der Waals surface area (Å²) in [5, 5.41) is 4.34. The number of carbonyl (C=O) groups is 2. The summed E-state index contributed by atoms with van der Waals surface area (Å²) >= 11 is 0. The van der Waals surface area contributed by atoms with Crippen molar-refractivity contribution in [3.05, 3.63) is 94.9 Å². The second kappa shape index (κ2) is 9.89. The van der Waals surface area contributed by atoms with Crippen LogP contribution in [0.4, 0.5) is 23.2 Å². The molecule has 0 saturated carbocycles. The predicted octanol–water partition coefficient (Wildman–Crippen LogP) is 4.99. The zero-order chi connectivity index (χ0) is 28.1. The van der Waals surface area contributed by atoms with E-state index in [0.29, 0.717) is 48.4 Å². The number of aromatic nitrogens is 3. The van der Waals surface area contributed by atoms with Gasteiger partial charge in [0, 0.05) is 49.2 Å². The van der Waals surface area contributed by atoms with E-state index < -0.39 is 23.4 Å². The first-order valence-corrected chi connectivity index (χ1v) is 12.8. The van der Waals surface area contributed by atoms with Gasteiger partial charge in [0.15, 0.2) is 23.1 Å². The number of hydrogen-bond acceptors (Lipinski definition) is 4. The molecule has 4 aromatic rings. The van der Waals surface area contributed by atoms with E-state index in [1.807, 2.05) is 0 Å². The van der Waals surface area contributed by atoms with Gasteiger partial charge < -0.3 is 9.80 Å². The molecule has 0 spiro atoms. The number of likely N-dealkylation sites (tertiary alicyclic amines) is 1. The van der Waals surface area contributed by atoms with E-state index in [0.717, 1.165) is 17.7 Å². The molecule has 0 N–H and O–H groups in total. The molecule has 0 aliphatic carbocycles. The van der Waals surface area contributed by atoms with Crippen LogP contribution in [0.1, 0.15) is 34.5 Å². The van der Waals surface area contributed by atoms with Gasteiger partial charge in [-0.3, -0.25) is 14.6 Å². The summed E-state index contributed by atoms with van der Waals surface area (Å²) in [6.45, 7) is 2.31. The monoisotopic (exact) mass is 549 g/mol. The molecule has 2 aromatic heterocycles. The molecular weight excluding hydrogens is 526 g/mol. The molecule has 2 aromatic carbocycles. The highest BCUT2D eigenvalue weighted by molar-refractivity contribution is 6.02. The van der Waals surface area contributed by atoms with Crippen LogP contribution in [0.15, 0.2) is 54.9 Å². The number of benzene rings is 2. The molecule has 204 valence electrons. The SMILES string of the molecule is Cc1cc2c(cc1F)N(C1CCN(C(=O)c3cc(-c4cccnc4)n(-c4cc(F)c(F)c(F)c4)n3)CC1)C(=O)C2. The van der Waals surface area contributed by atoms with Crippen molar-refractivity contribution in [2.45, 2.75) is 32.2 Å². The number of hydrogen-bond donors (Lipinski definition) is 0. The van der Waals surface area contributed by atoms with Crippen molar-refractivity contribution >= 4 is 17.5 Å². The van der Waals surface area contributed by atoms with Gasteiger partial charge >= 0.3 is 0 Å². The number of amides is 2. The summed E-state index contributed by atoms with van der Waals surface area (Å²) < 4.78 is 57.2. The molecule has 1 fully saturated rings. The number of anilines is 1. The van der Waals surface area contributed by atoms with Gasteiger partial charge in [-0.2, -0.15) is 5.10 Å². The molecule has 11 heteroatoms. The summed E-state index contributed by atoms with van der Waals surface area (Å²) in [5.41, 5.74) is 2.68. The lowest BCUT2D eigenvalue weighted by molar-refractivity contribution is -0.118. The minimum atomic E-state index is -1.60. The Kier molecular flexibility index (Phi) is 6.36. The van der Waals surface area contributed by atoms with Crippen LogP contribution in [0.5, 0.6) is 0 Å². The maximum atomic E-state index is 14.3. The third-order valence-electron chi connectivity index (χ3n) is 7.45. The van der Waals surface area contributed by atoms with E-state index in [-0.39, 0.29) is 35.6 Å². The van der Waals surface area contributed by atoms with Crippen LogP contribution in [0.2, 0.25) is 0 Å². The molecule has 0 unspecified atom stereocenters. The number of carbonyl (C=O) groups excluding carboxylic acids is 2. The highest BCUT2D eigenvalue weighted by Gasteiger charge is 2.37. The lowest BCUT2D eigenvalue weighted by atomic mass is 10.0. The number of aryl methyl sites for hydroxylation is 1. The number of nitrogens with zero attached hydrogens (tertiary/aromatic N) is 5. The largest absolute Gasteiger partial charge is 0.337 e. The van der Waals surface area contributed by atoms with E-state index >= 15 is 0 Å². The standard InChI is InChI=1S/C29H23F4N5O2/c1-16-9-18-10-27(39)37(25(18)13-21(16)30)19-4-7-36(8-5-19)29(40)24-14-26(17-3-2-6-34-15-17)38(35-24)20-11-22(31)28(33)23(32)12-20/h2-3,6,9,11-15,19H,4-5,7-8,10H2,1H3. The van der Waals surface area contributed by atoms with Crippen molar-refractivity contribution in [3.8, 4) is 16.9 Å². The molecule has 4 heterocycles. The van der Waals surface area contributed by atoms with E-state index in [2.05, 4.69) is 10.1 Å². The first-order valence-electron chi connectivity index (χ1n) is 12.8. The zero-order valence-corrected chi connectivity index (χ0v) is 21.4. The second-order valence-electron chi connectivity index (χ2n) is 9.99. The molecule has 2 amide bonds. The van der Waals surface area contributed by atoms with Crippen molar-refractivity contribution in [1.82, 2.24) is 19.7 Å². The quantitative estimate of drug-likeness (QED) is 0.266. The third kappa shape index (κ3) is 4.41. The van der Waals surface area contributed by atoms with Gasteiger partial charge in [0.2, 0.25) is 5.91 Å². The first kappa shape index (κ1) is 25.7. The Morgan fingerprint density at radius 3 is 2.38 bits per heavy atom. The summed E-state index contributed by atoms with van der Waals surface area (Å²) in [6.07, 6.45) is 4.25. The maximum absolute atomic E-state index is 14.3. The Morgan fingerprint density at radius 1 is 0.975 bits per heavy atom. The first-order chi connectivity index (χ1) is 19.2. The molecule has 2 aliphatic rings. The normalized spacial score (nSPS) is 15.6. The second-order valence-corrected chi connectivity index (χ2v) is 9.99. The van der Waals surface area contributed by atoms with Gasteiger partial charge in [-0.1, -0.05) is 6.07 Å². The Morgan fingerprint density at radius 2 is 1.70 bits per heavy atom. The van der Waals surface area contributed by atoms with E-state index in [1.165, 1.54) is 23.0 Å². The fraction of sp³-hybridized carbons (Fsp3) is 0.241. The summed E-state index contributed by atoms with van der Waals surface area (Å²) in [4.78, 5) is 33.6. The van der Waals surface area contributed by atoms with Crippen LogP contribution in [0.25, 0.3) is 16.9 Å². The van der Waals surface area contributed by atoms with Gasteiger partial charge in [0.25, 0.3) is 5.91 Å². The third-order valence-corrected chi connectivity index (χ3v) is 7.45. The summed E-state index contributed by atoms with van der Waals surface area (Å²) in [6, 6.07) is 9.39. The highest BCUT2D eigenvalue weighted by Crippen LogP contribution is 2.35. The fourth-order valence-corrected chi connectivity index (χ4v) is 5.44. The van der Waals surface area contributed by atoms with Crippen molar-refractivity contribution in [1.29, 1.82) is 0 Å². The highest BCUT2D eigenvalue weighted by atomic mass is 19.2. The number of rotatable bonds is 4. The van der Waals surface area contributed by atoms with Crippen molar-refractivity contribution in [3.63, 3.8) is 0 Å². The van der Waals surface area contributed by atoms with Crippen LogP contribution in [0, 0.1) is 30.2 Å². The molecule has 1 saturated heterocycles. The van der Waals surface area contributed by atoms with E-state index in [4.69, 9.17) is 0 Å². The van der Waals surface area contributed by atoms with Crippen LogP contribution >= 0.6 is 0 Å². The summed E-state index contributed by atoms with van der Waals surface area (Å²) in [7, 11) is 0. The predicted molar refractivity (Wildman–Crippen MR) is 138 cm³/mol. The average Bonchev–Trinajstić information content (AvgIpc) is 3.53. The van der Waals surface area contributed by atoms with Gasteiger partial charge in [-0.25, -0.2) is 22.2 Å². The Hall–Kier alpha value is -4.54. The van der Waals surface area contributed by atoms with Crippen LogP contribution in [-0.4, -0.2) is 50.6 Å². The lowest BCUT2D eigenvalue weighted by Crippen LogP contribution is -2.48. The molecule has 7 nitrogen and oxygen atoms in total. The molecule has 0 atom stereocenters. The van der Waals surface area contributed by atoms with Crippen molar-refractivity contribution < 1.29 is 27.2 Å². The van der Waals surface area contributed by atoms with Crippen LogP contribution in [-0.2, 0) is 11.2 Å².